The normalized spacial score (nSPS) is 13.1. The quantitative estimate of drug-likeness (QED) is 0.407. The molecule has 16 heavy (non-hydrogen) atoms. The molecule has 0 atom stereocenters. The van der Waals surface area contributed by atoms with Crippen LogP contribution in [0.4, 0.5) is 0 Å². The van der Waals surface area contributed by atoms with Gasteiger partial charge >= 0.3 is 0 Å². The molecular weight excluding hydrogens is 196 g/mol. The summed E-state index contributed by atoms with van der Waals surface area (Å²) in [6, 6.07) is 0. The molecule has 1 heteroatoms. The minimum atomic E-state index is 0.727. The minimum Gasteiger partial charge on any atom is -0.381 e. The number of ether oxygens (including phenoxy) is 1. The number of hydrogen-bond acceptors (Lipinski definition) is 1. The highest BCUT2D eigenvalue weighted by molar-refractivity contribution is 5.01. The lowest BCUT2D eigenvalue weighted by Gasteiger charge is -1.97. The van der Waals surface area contributed by atoms with E-state index in [4.69, 9.17) is 4.74 Å². The van der Waals surface area contributed by atoms with Crippen LogP contribution in [-0.4, -0.2) is 13.7 Å². The predicted octanol–water partition coefficient (Wildman–Crippen LogP) is 4.66. The fraction of sp³-hybridized carbons (Fsp3) is 0.600. The van der Waals surface area contributed by atoms with Crippen molar-refractivity contribution in [1.82, 2.24) is 0 Å². The minimum absolute atomic E-state index is 0.727. The van der Waals surface area contributed by atoms with E-state index in [-0.39, 0.29) is 0 Å². The van der Waals surface area contributed by atoms with Crippen LogP contribution >= 0.6 is 0 Å². The standard InChI is InChI=1S/C15H26O/c1-4-5-6-7-9-12-15(2)13-10-8-11-14-16-3/h5-6,8,11-12H,4,7,9-10,13-14H2,1-3H3/b6-5+,11-8+,15-12+. The molecule has 0 heterocycles. The van der Waals surface area contributed by atoms with Gasteiger partial charge in [0.15, 0.2) is 0 Å². The molecule has 0 rings (SSSR count). The Balaban J connectivity index is 3.51. The van der Waals surface area contributed by atoms with E-state index in [1.54, 1.807) is 7.11 Å². The van der Waals surface area contributed by atoms with E-state index in [1.165, 1.54) is 18.4 Å². The van der Waals surface area contributed by atoms with E-state index in [1.807, 2.05) is 0 Å². The molecule has 0 saturated heterocycles. The van der Waals surface area contributed by atoms with Gasteiger partial charge in [0.25, 0.3) is 0 Å². The summed E-state index contributed by atoms with van der Waals surface area (Å²) in [7, 11) is 1.72. The molecule has 0 N–H and O–H groups in total. The number of hydrogen-bond donors (Lipinski definition) is 0. The summed E-state index contributed by atoms with van der Waals surface area (Å²) in [6.07, 6.45) is 16.9. The molecule has 1 nitrogen and oxygen atoms in total. The Morgan fingerprint density at radius 2 is 1.75 bits per heavy atom. The van der Waals surface area contributed by atoms with Crippen LogP contribution in [0.15, 0.2) is 36.0 Å². The zero-order chi connectivity index (χ0) is 12.1. The first-order valence-electron chi connectivity index (χ1n) is 6.25. The maximum absolute atomic E-state index is 4.94. The van der Waals surface area contributed by atoms with Gasteiger partial charge in [0.2, 0.25) is 0 Å². The molecule has 0 aliphatic heterocycles. The molecule has 0 bridgehead atoms. The molecule has 0 amide bonds. The Hall–Kier alpha value is -0.820. The highest BCUT2D eigenvalue weighted by Gasteiger charge is 1.87. The van der Waals surface area contributed by atoms with Gasteiger partial charge in [-0.1, -0.05) is 42.9 Å². The summed E-state index contributed by atoms with van der Waals surface area (Å²) in [6.45, 7) is 5.11. The summed E-state index contributed by atoms with van der Waals surface area (Å²) in [5, 5.41) is 0. The molecule has 0 aromatic carbocycles. The van der Waals surface area contributed by atoms with Gasteiger partial charge in [0, 0.05) is 7.11 Å². The van der Waals surface area contributed by atoms with Crippen LogP contribution in [0.25, 0.3) is 0 Å². The van der Waals surface area contributed by atoms with E-state index in [2.05, 4.69) is 44.2 Å². The summed E-state index contributed by atoms with van der Waals surface area (Å²) in [4.78, 5) is 0. The van der Waals surface area contributed by atoms with Crippen LogP contribution in [0.5, 0.6) is 0 Å². The van der Waals surface area contributed by atoms with Crippen LogP contribution in [0.1, 0.15) is 46.0 Å². The van der Waals surface area contributed by atoms with Crippen LogP contribution in [0.2, 0.25) is 0 Å². The zero-order valence-corrected chi connectivity index (χ0v) is 11.0. The van der Waals surface area contributed by atoms with Crippen molar-refractivity contribution in [1.29, 1.82) is 0 Å². The summed E-state index contributed by atoms with van der Waals surface area (Å²) < 4.78 is 4.94. The van der Waals surface area contributed by atoms with Crippen molar-refractivity contribution in [3.8, 4) is 0 Å². The van der Waals surface area contributed by atoms with Gasteiger partial charge in [0.05, 0.1) is 6.61 Å². The van der Waals surface area contributed by atoms with E-state index in [9.17, 15) is 0 Å². The summed E-state index contributed by atoms with van der Waals surface area (Å²) in [5.74, 6) is 0. The number of rotatable bonds is 9. The highest BCUT2D eigenvalue weighted by atomic mass is 16.5. The first kappa shape index (κ1) is 15.2. The molecule has 0 aromatic heterocycles. The van der Waals surface area contributed by atoms with Crippen molar-refractivity contribution in [3.63, 3.8) is 0 Å². The molecule has 0 radical (unpaired) electrons. The monoisotopic (exact) mass is 222 g/mol. The maximum atomic E-state index is 4.94. The fourth-order valence-electron chi connectivity index (χ4n) is 1.41. The van der Waals surface area contributed by atoms with Gasteiger partial charge in [0.1, 0.15) is 0 Å². The first-order chi connectivity index (χ1) is 7.81. The second-order valence-electron chi connectivity index (χ2n) is 3.97. The van der Waals surface area contributed by atoms with Crippen LogP contribution < -0.4 is 0 Å². The molecule has 0 spiro atoms. The van der Waals surface area contributed by atoms with Crippen molar-refractivity contribution in [2.24, 2.45) is 0 Å². The molecular formula is C15H26O. The summed E-state index contributed by atoms with van der Waals surface area (Å²) >= 11 is 0. The Labute approximate surface area is 101 Å². The van der Waals surface area contributed by atoms with Gasteiger partial charge < -0.3 is 4.74 Å². The lowest BCUT2D eigenvalue weighted by molar-refractivity contribution is 0.233. The first-order valence-corrected chi connectivity index (χ1v) is 6.25. The lowest BCUT2D eigenvalue weighted by atomic mass is 10.1. The second-order valence-corrected chi connectivity index (χ2v) is 3.97. The average molecular weight is 222 g/mol. The van der Waals surface area contributed by atoms with E-state index in [0.717, 1.165) is 25.9 Å². The van der Waals surface area contributed by atoms with Crippen molar-refractivity contribution in [2.75, 3.05) is 13.7 Å². The molecule has 92 valence electrons. The number of methoxy groups -OCH3 is 1. The third-order valence-electron chi connectivity index (χ3n) is 2.36. The Bertz CT molecular complexity index is 224. The van der Waals surface area contributed by atoms with Crippen molar-refractivity contribution in [2.45, 2.75) is 46.0 Å². The number of allylic oxidation sites excluding steroid dienone is 5. The zero-order valence-electron chi connectivity index (χ0n) is 11.0. The molecule has 0 aliphatic carbocycles. The second kappa shape index (κ2) is 12.3. The highest BCUT2D eigenvalue weighted by Crippen LogP contribution is 2.07. The van der Waals surface area contributed by atoms with E-state index >= 15 is 0 Å². The van der Waals surface area contributed by atoms with Gasteiger partial charge in [-0.05, 0) is 39.0 Å². The smallest absolute Gasteiger partial charge is 0.0643 e. The topological polar surface area (TPSA) is 9.23 Å². The molecule has 0 unspecified atom stereocenters. The summed E-state index contributed by atoms with van der Waals surface area (Å²) in [5.41, 5.74) is 1.49. The Morgan fingerprint density at radius 3 is 2.44 bits per heavy atom. The largest absolute Gasteiger partial charge is 0.381 e. The molecule has 0 fully saturated rings. The SMILES string of the molecule is CC/C=C/CC/C=C(\C)CC/C=C/COC. The Morgan fingerprint density at radius 1 is 1.00 bits per heavy atom. The number of unbranched alkanes of at least 4 members (excludes halogenated alkanes) is 1. The maximum Gasteiger partial charge on any atom is 0.0643 e. The van der Waals surface area contributed by atoms with Gasteiger partial charge in [-0.3, -0.25) is 0 Å². The van der Waals surface area contributed by atoms with Crippen molar-refractivity contribution < 1.29 is 4.74 Å². The van der Waals surface area contributed by atoms with Crippen molar-refractivity contribution in [3.05, 3.63) is 36.0 Å². The van der Waals surface area contributed by atoms with Crippen LogP contribution in [0, 0.1) is 0 Å². The van der Waals surface area contributed by atoms with Crippen LogP contribution in [-0.2, 0) is 4.74 Å². The molecule has 0 saturated carbocycles. The molecule has 0 aliphatic rings. The van der Waals surface area contributed by atoms with Crippen LogP contribution in [0.3, 0.4) is 0 Å². The average Bonchev–Trinajstić information content (AvgIpc) is 2.28. The predicted molar refractivity (Wildman–Crippen MR) is 72.7 cm³/mol. The van der Waals surface area contributed by atoms with Gasteiger partial charge in [-0.25, -0.2) is 0 Å². The molecule has 0 aromatic rings. The fourth-order valence-corrected chi connectivity index (χ4v) is 1.41. The van der Waals surface area contributed by atoms with E-state index in [0.29, 0.717) is 0 Å². The lowest BCUT2D eigenvalue weighted by Crippen LogP contribution is -1.81. The van der Waals surface area contributed by atoms with Crippen molar-refractivity contribution >= 4 is 0 Å². The van der Waals surface area contributed by atoms with Gasteiger partial charge in [-0.2, -0.15) is 0 Å². The van der Waals surface area contributed by atoms with E-state index < -0.39 is 0 Å². The van der Waals surface area contributed by atoms with Gasteiger partial charge in [-0.15, -0.1) is 0 Å². The third kappa shape index (κ3) is 11.3. The Kier molecular flexibility index (Phi) is 11.6. The third-order valence-corrected chi connectivity index (χ3v) is 2.36.